The van der Waals surface area contributed by atoms with Crippen LogP contribution >= 0.6 is 0 Å². The van der Waals surface area contributed by atoms with E-state index in [4.69, 9.17) is 5.73 Å². The minimum atomic E-state index is -1.12. The highest BCUT2D eigenvalue weighted by Crippen LogP contribution is 2.17. The van der Waals surface area contributed by atoms with Gasteiger partial charge in [0, 0.05) is 6.20 Å². The van der Waals surface area contributed by atoms with Gasteiger partial charge in [-0.2, -0.15) is 0 Å². The van der Waals surface area contributed by atoms with Crippen LogP contribution in [0.5, 0.6) is 0 Å². The standard InChI is InChI=1S/C13H14N2OS/c1-10-2-4-11(5-3-10)9-17(16)13-6-7-15-8-12(13)14/h2-8H,9,14H2,1H3. The van der Waals surface area contributed by atoms with Gasteiger partial charge in [-0.1, -0.05) is 29.8 Å². The molecule has 1 heterocycles. The second-order valence-corrected chi connectivity index (χ2v) is 5.31. The van der Waals surface area contributed by atoms with Gasteiger partial charge >= 0.3 is 0 Å². The van der Waals surface area contributed by atoms with Crippen LogP contribution < -0.4 is 5.73 Å². The Labute approximate surface area is 103 Å². The third-order valence-corrected chi connectivity index (χ3v) is 3.93. The number of aryl methyl sites for hydroxylation is 1. The van der Waals surface area contributed by atoms with E-state index >= 15 is 0 Å². The Morgan fingerprint density at radius 1 is 1.24 bits per heavy atom. The molecule has 1 aromatic heterocycles. The molecule has 0 amide bonds. The highest BCUT2D eigenvalue weighted by molar-refractivity contribution is 7.84. The Kier molecular flexibility index (Phi) is 3.54. The summed E-state index contributed by atoms with van der Waals surface area (Å²) in [5.41, 5.74) is 8.47. The van der Waals surface area contributed by atoms with Crippen molar-refractivity contribution in [2.24, 2.45) is 0 Å². The normalized spacial score (nSPS) is 12.3. The molecule has 0 aliphatic heterocycles. The van der Waals surface area contributed by atoms with E-state index in [0.29, 0.717) is 16.3 Å². The van der Waals surface area contributed by atoms with Crippen LogP contribution in [0, 0.1) is 6.92 Å². The summed E-state index contributed by atoms with van der Waals surface area (Å²) in [4.78, 5) is 4.54. The number of nitrogens with zero attached hydrogens (tertiary/aromatic N) is 1. The first-order chi connectivity index (χ1) is 8.16. The maximum atomic E-state index is 12.1. The minimum Gasteiger partial charge on any atom is -0.396 e. The van der Waals surface area contributed by atoms with Crippen molar-refractivity contribution < 1.29 is 4.21 Å². The Hall–Kier alpha value is -1.68. The number of rotatable bonds is 3. The summed E-state index contributed by atoms with van der Waals surface area (Å²) >= 11 is 0. The van der Waals surface area contributed by atoms with Gasteiger partial charge in [0.25, 0.3) is 0 Å². The third-order valence-electron chi connectivity index (χ3n) is 2.47. The van der Waals surface area contributed by atoms with Crippen LogP contribution in [0.1, 0.15) is 11.1 Å². The van der Waals surface area contributed by atoms with Gasteiger partial charge in [0.05, 0.1) is 33.3 Å². The number of hydrogen-bond acceptors (Lipinski definition) is 3. The van der Waals surface area contributed by atoms with Crippen LogP contribution in [0.3, 0.4) is 0 Å². The molecule has 0 bridgehead atoms. The number of nitrogens with two attached hydrogens (primary N) is 1. The largest absolute Gasteiger partial charge is 0.396 e. The van der Waals surface area contributed by atoms with Gasteiger partial charge in [0.2, 0.25) is 0 Å². The summed E-state index contributed by atoms with van der Waals surface area (Å²) in [7, 11) is -1.12. The molecule has 2 aromatic rings. The van der Waals surface area contributed by atoms with Gasteiger partial charge in [-0.05, 0) is 18.6 Å². The Balaban J connectivity index is 2.17. The predicted molar refractivity (Wildman–Crippen MR) is 69.9 cm³/mol. The summed E-state index contributed by atoms with van der Waals surface area (Å²) in [6, 6.07) is 9.72. The smallest absolute Gasteiger partial charge is 0.0664 e. The lowest BCUT2D eigenvalue weighted by atomic mass is 10.2. The van der Waals surface area contributed by atoms with E-state index in [9.17, 15) is 4.21 Å². The molecule has 0 spiro atoms. The zero-order valence-electron chi connectivity index (χ0n) is 9.59. The van der Waals surface area contributed by atoms with Crippen molar-refractivity contribution in [2.75, 3.05) is 5.73 Å². The monoisotopic (exact) mass is 246 g/mol. The van der Waals surface area contributed by atoms with Crippen LogP contribution in [0.25, 0.3) is 0 Å². The third kappa shape index (κ3) is 2.91. The number of benzene rings is 1. The number of nitrogen functional groups attached to an aromatic ring is 1. The summed E-state index contributed by atoms with van der Waals surface area (Å²) in [6.45, 7) is 2.03. The molecule has 0 radical (unpaired) electrons. The predicted octanol–water partition coefficient (Wildman–Crippen LogP) is 2.28. The van der Waals surface area contributed by atoms with Crippen molar-refractivity contribution in [1.29, 1.82) is 0 Å². The van der Waals surface area contributed by atoms with E-state index in [1.807, 2.05) is 31.2 Å². The van der Waals surface area contributed by atoms with Crippen molar-refractivity contribution >= 4 is 16.5 Å². The van der Waals surface area contributed by atoms with Crippen LogP contribution in [0.2, 0.25) is 0 Å². The molecule has 0 aliphatic carbocycles. The molecule has 0 saturated carbocycles. The molecule has 1 unspecified atom stereocenters. The second kappa shape index (κ2) is 5.10. The Morgan fingerprint density at radius 2 is 1.94 bits per heavy atom. The van der Waals surface area contributed by atoms with Gasteiger partial charge in [-0.15, -0.1) is 0 Å². The maximum absolute atomic E-state index is 12.1. The molecular formula is C13H14N2OS. The van der Waals surface area contributed by atoms with Crippen LogP contribution in [0.4, 0.5) is 5.69 Å². The molecule has 0 saturated heterocycles. The highest BCUT2D eigenvalue weighted by Gasteiger charge is 2.08. The second-order valence-electron chi connectivity index (χ2n) is 3.89. The molecule has 1 aromatic carbocycles. The molecule has 17 heavy (non-hydrogen) atoms. The molecule has 4 heteroatoms. The molecule has 2 rings (SSSR count). The average Bonchev–Trinajstić information content (AvgIpc) is 2.32. The lowest BCUT2D eigenvalue weighted by Gasteiger charge is -2.05. The first kappa shape index (κ1) is 11.8. The van der Waals surface area contributed by atoms with Gasteiger partial charge in [0.15, 0.2) is 0 Å². The summed E-state index contributed by atoms with van der Waals surface area (Å²) in [5, 5.41) is 0. The van der Waals surface area contributed by atoms with Gasteiger partial charge in [-0.25, -0.2) is 0 Å². The van der Waals surface area contributed by atoms with Crippen molar-refractivity contribution in [2.45, 2.75) is 17.6 Å². The van der Waals surface area contributed by atoms with Gasteiger partial charge in [-0.3, -0.25) is 9.19 Å². The molecule has 2 N–H and O–H groups in total. The number of pyridine rings is 1. The van der Waals surface area contributed by atoms with Crippen LogP contribution in [0.15, 0.2) is 47.6 Å². The Bertz CT molecular complexity index is 537. The van der Waals surface area contributed by atoms with Crippen LogP contribution in [-0.2, 0) is 16.6 Å². The fourth-order valence-electron chi connectivity index (χ4n) is 1.51. The van der Waals surface area contributed by atoms with Crippen LogP contribution in [-0.4, -0.2) is 9.19 Å². The molecule has 0 fully saturated rings. The average molecular weight is 246 g/mol. The fourth-order valence-corrected chi connectivity index (χ4v) is 2.69. The van der Waals surface area contributed by atoms with Gasteiger partial charge in [0.1, 0.15) is 0 Å². The zero-order chi connectivity index (χ0) is 12.3. The topological polar surface area (TPSA) is 56.0 Å². The van der Waals surface area contributed by atoms with Crippen molar-refractivity contribution in [3.8, 4) is 0 Å². The first-order valence-electron chi connectivity index (χ1n) is 5.30. The summed E-state index contributed by atoms with van der Waals surface area (Å²) < 4.78 is 12.1. The minimum absolute atomic E-state index is 0.481. The lowest BCUT2D eigenvalue weighted by molar-refractivity contribution is 0.683. The maximum Gasteiger partial charge on any atom is 0.0664 e. The SMILES string of the molecule is Cc1ccc(CS(=O)c2ccncc2N)cc1. The Morgan fingerprint density at radius 3 is 2.59 bits per heavy atom. The fraction of sp³-hybridized carbons (Fsp3) is 0.154. The van der Waals surface area contributed by atoms with Crippen molar-refractivity contribution in [3.63, 3.8) is 0 Å². The van der Waals surface area contributed by atoms with E-state index in [-0.39, 0.29) is 0 Å². The summed E-state index contributed by atoms with van der Waals surface area (Å²) in [5.74, 6) is 0.481. The molecule has 3 nitrogen and oxygen atoms in total. The lowest BCUT2D eigenvalue weighted by Crippen LogP contribution is -2.01. The van der Waals surface area contributed by atoms with Crippen molar-refractivity contribution in [1.82, 2.24) is 4.98 Å². The van der Waals surface area contributed by atoms with E-state index in [0.717, 1.165) is 5.56 Å². The van der Waals surface area contributed by atoms with E-state index in [1.165, 1.54) is 11.8 Å². The van der Waals surface area contributed by atoms with Crippen molar-refractivity contribution in [3.05, 3.63) is 53.9 Å². The van der Waals surface area contributed by atoms with E-state index < -0.39 is 10.8 Å². The van der Waals surface area contributed by atoms with E-state index in [1.54, 1.807) is 12.3 Å². The highest BCUT2D eigenvalue weighted by atomic mass is 32.2. The molecule has 88 valence electrons. The number of aromatic nitrogens is 1. The molecule has 1 atom stereocenters. The first-order valence-corrected chi connectivity index (χ1v) is 6.62. The quantitative estimate of drug-likeness (QED) is 0.904. The zero-order valence-corrected chi connectivity index (χ0v) is 10.4. The summed E-state index contributed by atoms with van der Waals surface area (Å²) in [6.07, 6.45) is 3.14. The van der Waals surface area contributed by atoms with Gasteiger partial charge < -0.3 is 5.73 Å². The number of hydrogen-bond donors (Lipinski definition) is 1. The van der Waals surface area contributed by atoms with E-state index in [2.05, 4.69) is 4.98 Å². The number of anilines is 1. The molecule has 0 aliphatic rings. The molecular weight excluding hydrogens is 232 g/mol.